The van der Waals surface area contributed by atoms with Gasteiger partial charge in [-0.25, -0.2) is 0 Å². The quantitative estimate of drug-likeness (QED) is 0.0439. The summed E-state index contributed by atoms with van der Waals surface area (Å²) in [6.45, 7) is 22.4. The fourth-order valence-electron chi connectivity index (χ4n) is 5.87. The van der Waals surface area contributed by atoms with Gasteiger partial charge in [-0.3, -0.25) is 9.59 Å². The third kappa shape index (κ3) is 15.2. The number of ether oxygens (including phenoxy) is 2. The molecule has 0 bridgehead atoms. The zero-order chi connectivity index (χ0) is 41.0. The molecule has 56 heavy (non-hydrogen) atoms. The minimum atomic E-state index is -1.26. The van der Waals surface area contributed by atoms with Crippen molar-refractivity contribution in [3.8, 4) is 11.5 Å². The van der Waals surface area contributed by atoms with Crippen LogP contribution in [0.4, 0.5) is 0 Å². The standard InChI is InChI=1S/C26H33O2PS.C18H29O6PS/c1-7-20-14-18(5)25(22(9-3)16-20)27-29(24-12-11-13-30-24)28-26-19(6)15-21(8-2)17-23(26)10-4;1-5-21-17(19)9-7-11-23-25(16-13-14(3)26-15(16)4)24-12-8-10-18(20)22-6-2/h11-17H,7-10H2,1-6H3;13H,5-12H2,1-4H3. The van der Waals surface area contributed by atoms with E-state index in [2.05, 4.69) is 96.3 Å². The second kappa shape index (κ2) is 25.5. The maximum atomic E-state index is 11.4. The maximum absolute atomic E-state index is 11.4. The number of rotatable bonds is 22. The summed E-state index contributed by atoms with van der Waals surface area (Å²) in [5, 5.41) is 3.16. The predicted molar refractivity (Wildman–Crippen MR) is 236 cm³/mol. The van der Waals surface area contributed by atoms with Gasteiger partial charge in [0.15, 0.2) is 0 Å². The third-order valence-electron chi connectivity index (χ3n) is 8.73. The Morgan fingerprint density at radius 3 is 1.52 bits per heavy atom. The molecule has 0 spiro atoms. The second-order valence-electron chi connectivity index (χ2n) is 13.1. The van der Waals surface area contributed by atoms with Gasteiger partial charge >= 0.3 is 20.3 Å². The molecular formula is C44H62O8P2S2. The van der Waals surface area contributed by atoms with Crippen LogP contribution in [0, 0.1) is 27.7 Å². The molecule has 0 N–H and O–H groups in total. The lowest BCUT2D eigenvalue weighted by atomic mass is 10.0. The van der Waals surface area contributed by atoms with Gasteiger partial charge in [0, 0.05) is 27.9 Å². The van der Waals surface area contributed by atoms with Crippen LogP contribution in [0.3, 0.4) is 0 Å². The van der Waals surface area contributed by atoms with Gasteiger partial charge in [-0.1, -0.05) is 58.0 Å². The average molecular weight is 845 g/mol. The number of hydrogen-bond donors (Lipinski definition) is 0. The van der Waals surface area contributed by atoms with E-state index in [-0.39, 0.29) is 11.9 Å². The lowest BCUT2D eigenvalue weighted by Gasteiger charge is -2.23. The molecule has 0 atom stereocenters. The van der Waals surface area contributed by atoms with Crippen molar-refractivity contribution in [2.24, 2.45) is 0 Å². The molecule has 308 valence electrons. The fraction of sp³-hybridized carbons (Fsp3) is 0.500. The van der Waals surface area contributed by atoms with Crippen molar-refractivity contribution in [1.29, 1.82) is 0 Å². The van der Waals surface area contributed by atoms with Crippen molar-refractivity contribution in [2.75, 3.05) is 26.4 Å². The summed E-state index contributed by atoms with van der Waals surface area (Å²) in [6, 6.07) is 15.3. The number of benzene rings is 2. The highest BCUT2D eigenvalue weighted by atomic mass is 32.1. The summed E-state index contributed by atoms with van der Waals surface area (Å²) < 4.78 is 36.2. The van der Waals surface area contributed by atoms with Gasteiger partial charge in [-0.2, -0.15) is 0 Å². The summed E-state index contributed by atoms with van der Waals surface area (Å²) in [4.78, 5) is 25.2. The lowest BCUT2D eigenvalue weighted by molar-refractivity contribution is -0.144. The summed E-state index contributed by atoms with van der Waals surface area (Å²) >= 11 is 3.41. The average Bonchev–Trinajstić information content (AvgIpc) is 3.84. The van der Waals surface area contributed by atoms with Crippen LogP contribution in [0.5, 0.6) is 11.5 Å². The van der Waals surface area contributed by atoms with Crippen molar-refractivity contribution in [3.05, 3.63) is 91.0 Å². The zero-order valence-electron chi connectivity index (χ0n) is 35.1. The number of hydrogen-bond acceptors (Lipinski definition) is 10. The van der Waals surface area contributed by atoms with E-state index in [1.165, 1.54) is 43.1 Å². The molecule has 0 saturated heterocycles. The molecule has 12 heteroatoms. The van der Waals surface area contributed by atoms with Crippen molar-refractivity contribution >= 4 is 61.3 Å². The Kier molecular flexibility index (Phi) is 21.7. The molecule has 0 saturated carbocycles. The highest BCUT2D eigenvalue weighted by Crippen LogP contribution is 2.46. The molecular weight excluding hydrogens is 783 g/mol. The van der Waals surface area contributed by atoms with Crippen LogP contribution in [-0.2, 0) is 53.8 Å². The number of carbonyl (C=O) groups excluding carboxylic acids is 2. The van der Waals surface area contributed by atoms with Crippen LogP contribution >= 0.6 is 39.4 Å². The van der Waals surface area contributed by atoms with E-state index in [0.29, 0.717) is 52.1 Å². The number of esters is 2. The SMILES string of the molecule is CCOC(=O)CCCOP(OCCCC(=O)OCC)c1cc(C)sc1C.CCc1cc(C)c(OP(Oc2c(C)cc(CC)cc2CC)c2cccs2)c(CC)c1. The van der Waals surface area contributed by atoms with Crippen LogP contribution in [0.2, 0.25) is 0 Å². The topological polar surface area (TPSA) is 89.5 Å². The molecule has 8 nitrogen and oxygen atoms in total. The Hall–Kier alpha value is -2.84. The van der Waals surface area contributed by atoms with Crippen molar-refractivity contribution in [2.45, 2.75) is 121 Å². The van der Waals surface area contributed by atoms with Crippen molar-refractivity contribution in [3.63, 3.8) is 0 Å². The molecule has 2 heterocycles. The Balaban J connectivity index is 0.000000304. The molecule has 0 amide bonds. The molecule has 4 rings (SSSR count). The van der Waals surface area contributed by atoms with Gasteiger partial charge in [0.2, 0.25) is 8.38 Å². The lowest BCUT2D eigenvalue weighted by Crippen LogP contribution is -2.10. The first kappa shape index (κ1) is 47.5. The minimum Gasteiger partial charge on any atom is -0.466 e. The Morgan fingerprint density at radius 2 is 1.14 bits per heavy atom. The number of aryl methyl sites for hydroxylation is 8. The van der Waals surface area contributed by atoms with Crippen LogP contribution in [0.25, 0.3) is 0 Å². The van der Waals surface area contributed by atoms with Crippen LogP contribution < -0.4 is 19.0 Å². The largest absolute Gasteiger partial charge is 0.466 e. The van der Waals surface area contributed by atoms with E-state index >= 15 is 0 Å². The monoisotopic (exact) mass is 844 g/mol. The van der Waals surface area contributed by atoms with Crippen molar-refractivity contribution < 1.29 is 37.2 Å². The normalized spacial score (nSPS) is 11.1. The molecule has 2 aromatic carbocycles. The summed E-state index contributed by atoms with van der Waals surface area (Å²) in [5.74, 6) is 1.54. The van der Waals surface area contributed by atoms with Gasteiger partial charge in [-0.15, -0.1) is 22.7 Å². The highest BCUT2D eigenvalue weighted by molar-refractivity contribution is 7.64. The van der Waals surface area contributed by atoms with Gasteiger partial charge in [0.25, 0.3) is 0 Å². The first-order valence-electron chi connectivity index (χ1n) is 19.9. The van der Waals surface area contributed by atoms with E-state index in [1.54, 1.807) is 36.5 Å². The van der Waals surface area contributed by atoms with Gasteiger partial charge in [0.05, 0.1) is 26.4 Å². The summed E-state index contributed by atoms with van der Waals surface area (Å²) in [6.07, 6.45) is 5.81. The molecule has 0 aliphatic rings. The van der Waals surface area contributed by atoms with E-state index in [9.17, 15) is 9.59 Å². The fourth-order valence-corrected chi connectivity index (χ4v) is 11.1. The summed E-state index contributed by atoms with van der Waals surface area (Å²) in [5.41, 5.74) is 7.61. The molecule has 0 aliphatic heterocycles. The van der Waals surface area contributed by atoms with Crippen LogP contribution in [-0.4, -0.2) is 38.4 Å². The molecule has 0 fully saturated rings. The molecule has 0 unspecified atom stereocenters. The molecule has 0 aliphatic carbocycles. The Labute approximate surface area is 346 Å². The molecule has 4 aromatic rings. The first-order chi connectivity index (χ1) is 27.0. The Bertz CT molecular complexity index is 1700. The van der Waals surface area contributed by atoms with E-state index in [4.69, 9.17) is 27.6 Å². The second-order valence-corrected chi connectivity index (χ2v) is 18.7. The van der Waals surface area contributed by atoms with E-state index in [0.717, 1.165) is 47.1 Å². The van der Waals surface area contributed by atoms with Crippen molar-refractivity contribution in [1.82, 2.24) is 0 Å². The maximum Gasteiger partial charge on any atom is 0.336 e. The minimum absolute atomic E-state index is 0.210. The molecule has 0 radical (unpaired) electrons. The first-order valence-corrected chi connectivity index (χ1v) is 23.9. The van der Waals surface area contributed by atoms with E-state index in [1.807, 2.05) is 6.92 Å². The Morgan fingerprint density at radius 1 is 0.643 bits per heavy atom. The highest BCUT2D eigenvalue weighted by Gasteiger charge is 2.25. The van der Waals surface area contributed by atoms with Gasteiger partial charge in [-0.05, 0) is 131 Å². The van der Waals surface area contributed by atoms with E-state index < -0.39 is 16.8 Å². The third-order valence-corrected chi connectivity index (χ3v) is 14.2. The van der Waals surface area contributed by atoms with Crippen LogP contribution in [0.1, 0.15) is 110 Å². The van der Waals surface area contributed by atoms with Crippen LogP contribution in [0.15, 0.2) is 47.8 Å². The predicted octanol–water partition coefficient (Wildman–Crippen LogP) is 11.7. The van der Waals surface area contributed by atoms with Gasteiger partial charge < -0.3 is 27.6 Å². The van der Waals surface area contributed by atoms with Gasteiger partial charge in [0.1, 0.15) is 16.1 Å². The zero-order valence-corrected chi connectivity index (χ0v) is 38.5. The smallest absolute Gasteiger partial charge is 0.336 e. The number of carbonyl (C=O) groups is 2. The number of thiophene rings is 2. The molecule has 2 aromatic heterocycles. The summed E-state index contributed by atoms with van der Waals surface area (Å²) in [7, 11) is -2.48.